The standard InChI is InChI=1S/C26H30ClFN4O/c27-24-17-22(8-11-25(24)28)30-26(33)32(15-14-31-12-1-2-13-31)23-9-6-20(7-10-23)21-5-3-4-19(16-21)18-29/h3-5,8,11,16-17,20,23H,1-2,6-7,9-10,12-15H2,(H,30,33). The molecular weight excluding hydrogens is 439 g/mol. The number of rotatable bonds is 6. The van der Waals surface area contributed by atoms with Gasteiger partial charge in [0.15, 0.2) is 0 Å². The molecule has 1 N–H and O–H groups in total. The topological polar surface area (TPSA) is 59.4 Å². The van der Waals surface area contributed by atoms with E-state index in [1.165, 1.54) is 36.6 Å². The first-order chi connectivity index (χ1) is 16.0. The Morgan fingerprint density at radius 3 is 2.61 bits per heavy atom. The number of halogens is 2. The highest BCUT2D eigenvalue weighted by Crippen LogP contribution is 2.35. The van der Waals surface area contributed by atoms with Crippen LogP contribution in [-0.4, -0.2) is 48.1 Å². The van der Waals surface area contributed by atoms with Gasteiger partial charge in [-0.05, 0) is 93.4 Å². The van der Waals surface area contributed by atoms with Crippen molar-refractivity contribution in [2.45, 2.75) is 50.5 Å². The Balaban J connectivity index is 1.43. The number of carbonyl (C=O) groups excluding carboxylic acids is 1. The van der Waals surface area contributed by atoms with E-state index in [4.69, 9.17) is 11.6 Å². The van der Waals surface area contributed by atoms with Crippen LogP contribution in [0, 0.1) is 17.1 Å². The molecule has 1 heterocycles. The summed E-state index contributed by atoms with van der Waals surface area (Å²) in [7, 11) is 0. The van der Waals surface area contributed by atoms with Crippen LogP contribution in [0.4, 0.5) is 14.9 Å². The van der Waals surface area contributed by atoms with E-state index < -0.39 is 5.82 Å². The van der Waals surface area contributed by atoms with Crippen LogP contribution < -0.4 is 5.32 Å². The summed E-state index contributed by atoms with van der Waals surface area (Å²) in [6, 6.07) is 14.3. The first-order valence-corrected chi connectivity index (χ1v) is 12.2. The Bertz CT molecular complexity index is 1010. The Kier molecular flexibility index (Phi) is 7.85. The third-order valence-electron chi connectivity index (χ3n) is 6.91. The van der Waals surface area contributed by atoms with Crippen LogP contribution in [0.25, 0.3) is 0 Å². The number of likely N-dealkylation sites (tertiary alicyclic amines) is 1. The highest BCUT2D eigenvalue weighted by Gasteiger charge is 2.30. The van der Waals surface area contributed by atoms with Gasteiger partial charge in [-0.15, -0.1) is 0 Å². The number of amides is 2. The van der Waals surface area contributed by atoms with Crippen molar-refractivity contribution in [3.8, 4) is 6.07 Å². The molecule has 174 valence electrons. The molecule has 2 amide bonds. The number of nitriles is 1. The van der Waals surface area contributed by atoms with Crippen molar-refractivity contribution in [3.05, 3.63) is 64.4 Å². The van der Waals surface area contributed by atoms with E-state index in [0.717, 1.165) is 45.3 Å². The molecule has 7 heteroatoms. The van der Waals surface area contributed by atoms with Gasteiger partial charge in [-0.1, -0.05) is 23.7 Å². The number of nitrogens with one attached hydrogen (secondary N) is 1. The minimum absolute atomic E-state index is 0.00322. The van der Waals surface area contributed by atoms with Crippen molar-refractivity contribution in [2.24, 2.45) is 0 Å². The quantitative estimate of drug-likeness (QED) is 0.565. The van der Waals surface area contributed by atoms with Crippen molar-refractivity contribution in [1.82, 2.24) is 9.80 Å². The first-order valence-electron chi connectivity index (χ1n) is 11.8. The van der Waals surface area contributed by atoms with Crippen molar-refractivity contribution in [1.29, 1.82) is 5.26 Å². The first kappa shape index (κ1) is 23.5. The van der Waals surface area contributed by atoms with E-state index in [0.29, 0.717) is 23.7 Å². The lowest BCUT2D eigenvalue weighted by atomic mass is 9.81. The number of carbonyl (C=O) groups is 1. The molecule has 0 atom stereocenters. The summed E-state index contributed by atoms with van der Waals surface area (Å²) in [6.07, 6.45) is 6.23. The van der Waals surface area contributed by atoms with Crippen LogP contribution in [0.5, 0.6) is 0 Å². The SMILES string of the molecule is N#Cc1cccc(C2CCC(N(CCN3CCCC3)C(=O)Nc3ccc(F)c(Cl)c3)CC2)c1. The van der Waals surface area contributed by atoms with Gasteiger partial charge in [-0.3, -0.25) is 0 Å². The highest BCUT2D eigenvalue weighted by atomic mass is 35.5. The molecule has 2 aromatic rings. The molecular formula is C26H30ClFN4O. The summed E-state index contributed by atoms with van der Waals surface area (Å²) in [5, 5.41) is 12.1. The van der Waals surface area contributed by atoms with E-state index in [9.17, 15) is 14.4 Å². The van der Waals surface area contributed by atoms with Crippen LogP contribution in [0.3, 0.4) is 0 Å². The zero-order chi connectivity index (χ0) is 23.2. The lowest BCUT2D eigenvalue weighted by molar-refractivity contribution is 0.151. The minimum Gasteiger partial charge on any atom is -0.320 e. The van der Waals surface area contributed by atoms with Gasteiger partial charge in [0.25, 0.3) is 0 Å². The van der Waals surface area contributed by atoms with Gasteiger partial charge in [-0.25, -0.2) is 9.18 Å². The Morgan fingerprint density at radius 1 is 1.15 bits per heavy atom. The molecule has 4 rings (SSSR count). The van der Waals surface area contributed by atoms with Gasteiger partial charge >= 0.3 is 6.03 Å². The van der Waals surface area contributed by atoms with Gasteiger partial charge in [0.2, 0.25) is 0 Å². The molecule has 1 saturated carbocycles. The maximum atomic E-state index is 13.5. The molecule has 0 spiro atoms. The normalized spacial score (nSPS) is 20.9. The van der Waals surface area contributed by atoms with Gasteiger partial charge in [-0.2, -0.15) is 5.26 Å². The van der Waals surface area contributed by atoms with Gasteiger partial charge < -0.3 is 15.1 Å². The number of urea groups is 1. The Morgan fingerprint density at radius 2 is 1.91 bits per heavy atom. The van der Waals surface area contributed by atoms with Crippen LogP contribution in [-0.2, 0) is 0 Å². The number of anilines is 1. The molecule has 2 fully saturated rings. The van der Waals surface area contributed by atoms with E-state index in [-0.39, 0.29) is 17.1 Å². The predicted octanol–water partition coefficient (Wildman–Crippen LogP) is 6.01. The molecule has 2 aliphatic rings. The average Bonchev–Trinajstić information content (AvgIpc) is 3.36. The summed E-state index contributed by atoms with van der Waals surface area (Å²) in [5.41, 5.74) is 2.40. The monoisotopic (exact) mass is 468 g/mol. The molecule has 0 unspecified atom stereocenters. The molecule has 0 radical (unpaired) electrons. The Hall–Kier alpha value is -2.62. The largest absolute Gasteiger partial charge is 0.322 e. The van der Waals surface area contributed by atoms with E-state index in [1.54, 1.807) is 0 Å². The zero-order valence-corrected chi connectivity index (χ0v) is 19.5. The second-order valence-electron chi connectivity index (χ2n) is 9.04. The summed E-state index contributed by atoms with van der Waals surface area (Å²) in [6.45, 7) is 3.71. The number of nitrogens with zero attached hydrogens (tertiary/aromatic N) is 3. The summed E-state index contributed by atoms with van der Waals surface area (Å²) in [5.74, 6) is -0.0895. The molecule has 1 aliphatic carbocycles. The van der Waals surface area contributed by atoms with Crippen LogP contribution in [0.1, 0.15) is 55.6 Å². The van der Waals surface area contributed by atoms with E-state index >= 15 is 0 Å². The summed E-state index contributed by atoms with van der Waals surface area (Å²) < 4.78 is 13.5. The third-order valence-corrected chi connectivity index (χ3v) is 7.20. The smallest absolute Gasteiger partial charge is 0.320 e. The van der Waals surface area contributed by atoms with Crippen molar-refractivity contribution < 1.29 is 9.18 Å². The molecule has 5 nitrogen and oxygen atoms in total. The fraction of sp³-hybridized carbons (Fsp3) is 0.462. The molecule has 33 heavy (non-hydrogen) atoms. The van der Waals surface area contributed by atoms with Crippen LogP contribution >= 0.6 is 11.6 Å². The average molecular weight is 469 g/mol. The molecule has 2 aromatic carbocycles. The van der Waals surface area contributed by atoms with Crippen molar-refractivity contribution in [3.63, 3.8) is 0 Å². The van der Waals surface area contributed by atoms with Crippen LogP contribution in [0.15, 0.2) is 42.5 Å². The lowest BCUT2D eigenvalue weighted by Crippen LogP contribution is -2.47. The van der Waals surface area contributed by atoms with Crippen molar-refractivity contribution in [2.75, 3.05) is 31.5 Å². The Labute approximate surface area is 200 Å². The number of benzene rings is 2. The van der Waals surface area contributed by atoms with Crippen LogP contribution in [0.2, 0.25) is 5.02 Å². The fourth-order valence-corrected chi connectivity index (χ4v) is 5.24. The minimum atomic E-state index is -0.501. The van der Waals surface area contributed by atoms with Crippen molar-refractivity contribution >= 4 is 23.3 Å². The second-order valence-corrected chi connectivity index (χ2v) is 9.45. The lowest BCUT2D eigenvalue weighted by Gasteiger charge is -2.38. The zero-order valence-electron chi connectivity index (χ0n) is 18.8. The molecule has 0 bridgehead atoms. The summed E-state index contributed by atoms with van der Waals surface area (Å²) in [4.78, 5) is 17.6. The van der Waals surface area contributed by atoms with E-state index in [2.05, 4.69) is 22.4 Å². The fourth-order valence-electron chi connectivity index (χ4n) is 5.06. The maximum Gasteiger partial charge on any atom is 0.322 e. The van der Waals surface area contributed by atoms with E-state index in [1.807, 2.05) is 23.1 Å². The van der Waals surface area contributed by atoms with Gasteiger partial charge in [0.1, 0.15) is 5.82 Å². The number of hydrogen-bond acceptors (Lipinski definition) is 3. The van der Waals surface area contributed by atoms with Gasteiger partial charge in [0, 0.05) is 24.8 Å². The highest BCUT2D eigenvalue weighted by molar-refractivity contribution is 6.31. The molecule has 1 aliphatic heterocycles. The van der Waals surface area contributed by atoms with Gasteiger partial charge in [0.05, 0.1) is 16.7 Å². The molecule has 1 saturated heterocycles. The summed E-state index contributed by atoms with van der Waals surface area (Å²) >= 11 is 5.90. The predicted molar refractivity (Wildman–Crippen MR) is 129 cm³/mol. The third kappa shape index (κ3) is 6.04. The second kappa shape index (κ2) is 11.0. The number of hydrogen-bond donors (Lipinski definition) is 1. The maximum absolute atomic E-state index is 13.5. The molecule has 0 aromatic heterocycles.